The molecule has 0 saturated carbocycles. The van der Waals surface area contributed by atoms with Gasteiger partial charge >= 0.3 is 0 Å². The summed E-state index contributed by atoms with van der Waals surface area (Å²) in [6.45, 7) is 3.54. The van der Waals surface area contributed by atoms with E-state index >= 15 is 0 Å². The fourth-order valence-electron chi connectivity index (χ4n) is 2.07. The summed E-state index contributed by atoms with van der Waals surface area (Å²) in [5.41, 5.74) is 6.02. The van der Waals surface area contributed by atoms with Crippen LogP contribution in [0.25, 0.3) is 0 Å². The Labute approximate surface area is 143 Å². The number of carbonyl (C=O) groups excluding carboxylic acids is 2. The van der Waals surface area contributed by atoms with Crippen molar-refractivity contribution in [3.8, 4) is 5.75 Å². The molecule has 0 aliphatic heterocycles. The van der Waals surface area contributed by atoms with Gasteiger partial charge in [0.25, 0.3) is 11.8 Å². The van der Waals surface area contributed by atoms with Gasteiger partial charge in [-0.1, -0.05) is 17.7 Å². The third-order valence-electron chi connectivity index (χ3n) is 3.05. The molecule has 2 aromatic carbocycles. The first-order valence-corrected chi connectivity index (χ1v) is 7.48. The molecule has 0 spiro atoms. The highest BCUT2D eigenvalue weighted by molar-refractivity contribution is 6.31. The summed E-state index contributed by atoms with van der Waals surface area (Å²) in [6.07, 6.45) is 0. The lowest BCUT2D eigenvalue weighted by Gasteiger charge is -2.10. The second-order valence-electron chi connectivity index (χ2n) is 5.24. The van der Waals surface area contributed by atoms with Gasteiger partial charge < -0.3 is 4.74 Å². The van der Waals surface area contributed by atoms with Crippen LogP contribution in [0.3, 0.4) is 0 Å². The lowest BCUT2D eigenvalue weighted by molar-refractivity contribution is -0.123. The molecule has 0 saturated heterocycles. The molecule has 24 heavy (non-hydrogen) atoms. The SMILES string of the molecule is Cc1cc(C)cc(OCC(=O)NNC(=O)c2cc(Cl)ccc2F)c1. The summed E-state index contributed by atoms with van der Waals surface area (Å²) in [6, 6.07) is 9.13. The van der Waals surface area contributed by atoms with Gasteiger partial charge in [0.2, 0.25) is 0 Å². The smallest absolute Gasteiger partial charge is 0.276 e. The van der Waals surface area contributed by atoms with E-state index in [0.717, 1.165) is 17.2 Å². The fraction of sp³-hybridized carbons (Fsp3) is 0.176. The first-order chi connectivity index (χ1) is 11.3. The van der Waals surface area contributed by atoms with Crippen LogP contribution in [0.5, 0.6) is 5.75 Å². The van der Waals surface area contributed by atoms with Gasteiger partial charge in [0.15, 0.2) is 6.61 Å². The molecule has 0 aliphatic carbocycles. The van der Waals surface area contributed by atoms with Crippen LogP contribution >= 0.6 is 11.6 Å². The van der Waals surface area contributed by atoms with E-state index < -0.39 is 17.6 Å². The van der Waals surface area contributed by atoms with Crippen molar-refractivity contribution in [3.63, 3.8) is 0 Å². The molecule has 0 heterocycles. The van der Waals surface area contributed by atoms with Gasteiger partial charge in [-0.15, -0.1) is 0 Å². The molecular weight excluding hydrogens is 335 g/mol. The minimum absolute atomic E-state index is 0.214. The van der Waals surface area contributed by atoms with Crippen molar-refractivity contribution in [1.82, 2.24) is 10.9 Å². The van der Waals surface area contributed by atoms with E-state index in [9.17, 15) is 14.0 Å². The van der Waals surface area contributed by atoms with Gasteiger partial charge in [-0.25, -0.2) is 4.39 Å². The van der Waals surface area contributed by atoms with Crippen molar-refractivity contribution in [2.45, 2.75) is 13.8 Å². The molecule has 0 atom stereocenters. The summed E-state index contributed by atoms with van der Waals surface area (Å²) in [5.74, 6) is -1.58. The lowest BCUT2D eigenvalue weighted by atomic mass is 10.1. The minimum Gasteiger partial charge on any atom is -0.484 e. The Morgan fingerprint density at radius 2 is 1.75 bits per heavy atom. The van der Waals surface area contributed by atoms with Crippen LogP contribution in [-0.2, 0) is 4.79 Å². The molecule has 0 fully saturated rings. The molecule has 2 amide bonds. The quantitative estimate of drug-likeness (QED) is 0.833. The number of hydrogen-bond donors (Lipinski definition) is 2. The predicted molar refractivity (Wildman–Crippen MR) is 88.4 cm³/mol. The molecule has 0 aliphatic rings. The largest absolute Gasteiger partial charge is 0.484 e. The summed E-state index contributed by atoms with van der Waals surface area (Å²) in [7, 11) is 0. The molecule has 7 heteroatoms. The number of aryl methyl sites for hydroxylation is 2. The summed E-state index contributed by atoms with van der Waals surface area (Å²) in [5, 5.41) is 0.214. The third-order valence-corrected chi connectivity index (χ3v) is 3.29. The standard InChI is InChI=1S/C17H16ClFN2O3/c1-10-5-11(2)7-13(6-10)24-9-16(22)20-21-17(23)14-8-12(18)3-4-15(14)19/h3-8H,9H2,1-2H3,(H,20,22)(H,21,23). The van der Waals surface area contributed by atoms with Crippen LogP contribution in [0.4, 0.5) is 4.39 Å². The average Bonchev–Trinajstić information content (AvgIpc) is 2.52. The Balaban J connectivity index is 1.86. The average molecular weight is 351 g/mol. The molecular formula is C17H16ClFN2O3. The number of carbonyl (C=O) groups is 2. The zero-order chi connectivity index (χ0) is 17.7. The Hall–Kier alpha value is -2.60. The molecule has 0 aromatic heterocycles. The lowest BCUT2D eigenvalue weighted by Crippen LogP contribution is -2.44. The number of hydrogen-bond acceptors (Lipinski definition) is 3. The maximum Gasteiger partial charge on any atom is 0.276 e. The Morgan fingerprint density at radius 3 is 2.42 bits per heavy atom. The normalized spacial score (nSPS) is 10.2. The van der Waals surface area contributed by atoms with Gasteiger partial charge in [-0.05, 0) is 55.3 Å². The van der Waals surface area contributed by atoms with Gasteiger partial charge in [0, 0.05) is 5.02 Å². The first kappa shape index (κ1) is 17.7. The monoisotopic (exact) mass is 350 g/mol. The van der Waals surface area contributed by atoms with Gasteiger partial charge in [0.05, 0.1) is 5.56 Å². The van der Waals surface area contributed by atoms with Crippen molar-refractivity contribution >= 4 is 23.4 Å². The second-order valence-corrected chi connectivity index (χ2v) is 5.67. The zero-order valence-corrected chi connectivity index (χ0v) is 13.9. The highest BCUT2D eigenvalue weighted by atomic mass is 35.5. The highest BCUT2D eigenvalue weighted by Crippen LogP contribution is 2.16. The van der Waals surface area contributed by atoms with Crippen LogP contribution < -0.4 is 15.6 Å². The number of hydrazine groups is 1. The van der Waals surface area contributed by atoms with E-state index in [4.69, 9.17) is 16.3 Å². The van der Waals surface area contributed by atoms with Gasteiger partial charge in [-0.2, -0.15) is 0 Å². The molecule has 0 unspecified atom stereocenters. The predicted octanol–water partition coefficient (Wildman–Crippen LogP) is 2.94. The van der Waals surface area contributed by atoms with Crippen molar-refractivity contribution in [2.24, 2.45) is 0 Å². The van der Waals surface area contributed by atoms with Crippen LogP contribution in [-0.4, -0.2) is 18.4 Å². The number of benzene rings is 2. The Bertz CT molecular complexity index is 760. The molecule has 0 radical (unpaired) electrons. The van der Waals surface area contributed by atoms with Crippen molar-refractivity contribution < 1.29 is 18.7 Å². The molecule has 2 rings (SSSR count). The number of nitrogens with one attached hydrogen (secondary N) is 2. The van der Waals surface area contributed by atoms with Crippen LogP contribution in [0.1, 0.15) is 21.5 Å². The molecule has 0 bridgehead atoms. The highest BCUT2D eigenvalue weighted by Gasteiger charge is 2.13. The van der Waals surface area contributed by atoms with E-state index in [1.165, 1.54) is 12.1 Å². The van der Waals surface area contributed by atoms with Crippen LogP contribution in [0.2, 0.25) is 5.02 Å². The minimum atomic E-state index is -0.810. The van der Waals surface area contributed by atoms with E-state index in [0.29, 0.717) is 5.75 Å². The second kappa shape index (κ2) is 7.79. The fourth-order valence-corrected chi connectivity index (χ4v) is 2.24. The first-order valence-electron chi connectivity index (χ1n) is 7.10. The summed E-state index contributed by atoms with van der Waals surface area (Å²) in [4.78, 5) is 23.5. The van der Waals surface area contributed by atoms with Crippen molar-refractivity contribution in [1.29, 1.82) is 0 Å². The molecule has 2 aromatic rings. The topological polar surface area (TPSA) is 67.4 Å². The van der Waals surface area contributed by atoms with Gasteiger partial charge in [-0.3, -0.25) is 20.4 Å². The Morgan fingerprint density at radius 1 is 1.08 bits per heavy atom. The van der Waals surface area contributed by atoms with E-state index in [1.807, 2.05) is 19.9 Å². The van der Waals surface area contributed by atoms with E-state index in [-0.39, 0.29) is 17.2 Å². The number of amides is 2. The van der Waals surface area contributed by atoms with Crippen molar-refractivity contribution in [2.75, 3.05) is 6.61 Å². The van der Waals surface area contributed by atoms with Crippen LogP contribution in [0, 0.1) is 19.7 Å². The summed E-state index contributed by atoms with van der Waals surface area (Å²) >= 11 is 5.71. The Kier molecular flexibility index (Phi) is 5.76. The molecule has 126 valence electrons. The van der Waals surface area contributed by atoms with E-state index in [2.05, 4.69) is 10.9 Å². The maximum atomic E-state index is 13.5. The number of halogens is 2. The number of rotatable bonds is 4. The zero-order valence-electron chi connectivity index (χ0n) is 13.2. The maximum absolute atomic E-state index is 13.5. The molecule has 2 N–H and O–H groups in total. The summed E-state index contributed by atoms with van der Waals surface area (Å²) < 4.78 is 18.9. The van der Waals surface area contributed by atoms with Gasteiger partial charge in [0.1, 0.15) is 11.6 Å². The number of ether oxygens (including phenoxy) is 1. The molecule has 5 nitrogen and oxygen atoms in total. The van der Waals surface area contributed by atoms with Crippen LogP contribution in [0.15, 0.2) is 36.4 Å². The van der Waals surface area contributed by atoms with E-state index in [1.54, 1.807) is 12.1 Å². The third kappa shape index (κ3) is 4.96. The van der Waals surface area contributed by atoms with Crippen molar-refractivity contribution in [3.05, 3.63) is 63.9 Å².